The Morgan fingerprint density at radius 1 is 1.15 bits per heavy atom. The molecule has 0 radical (unpaired) electrons. The fourth-order valence-corrected chi connectivity index (χ4v) is 2.40. The SMILES string of the molecule is NC(N)=NC(N)=Nc1cccc(C(O)c2cccs2)c1. The fourth-order valence-electron chi connectivity index (χ4n) is 1.67. The quantitative estimate of drug-likeness (QED) is 0.498. The summed E-state index contributed by atoms with van der Waals surface area (Å²) in [4.78, 5) is 8.56. The van der Waals surface area contributed by atoms with E-state index in [0.29, 0.717) is 5.69 Å². The number of hydrogen-bond donors (Lipinski definition) is 4. The number of aliphatic hydroxyl groups excluding tert-OH is 1. The van der Waals surface area contributed by atoms with E-state index in [4.69, 9.17) is 17.2 Å². The fraction of sp³-hybridized carbons (Fsp3) is 0.0769. The number of thiophene rings is 1. The van der Waals surface area contributed by atoms with Crippen LogP contribution in [0.25, 0.3) is 0 Å². The van der Waals surface area contributed by atoms with E-state index in [2.05, 4.69) is 9.98 Å². The molecule has 0 aliphatic carbocycles. The Morgan fingerprint density at radius 2 is 1.95 bits per heavy atom. The van der Waals surface area contributed by atoms with Crippen molar-refractivity contribution in [3.63, 3.8) is 0 Å². The lowest BCUT2D eigenvalue weighted by molar-refractivity contribution is 0.224. The molecule has 0 saturated carbocycles. The van der Waals surface area contributed by atoms with Crippen LogP contribution in [0.4, 0.5) is 5.69 Å². The van der Waals surface area contributed by atoms with Gasteiger partial charge in [-0.05, 0) is 29.1 Å². The smallest absolute Gasteiger partial charge is 0.223 e. The minimum absolute atomic E-state index is 0.0345. The molecular weight excluding hydrogens is 274 g/mol. The van der Waals surface area contributed by atoms with Gasteiger partial charge in [-0.2, -0.15) is 4.99 Å². The molecule has 1 aromatic carbocycles. The van der Waals surface area contributed by atoms with E-state index in [1.807, 2.05) is 23.6 Å². The zero-order valence-corrected chi connectivity index (χ0v) is 11.4. The number of hydrogen-bond acceptors (Lipinski definition) is 3. The van der Waals surface area contributed by atoms with Crippen LogP contribution in [0.1, 0.15) is 16.5 Å². The minimum Gasteiger partial charge on any atom is -0.383 e. The maximum Gasteiger partial charge on any atom is 0.223 e. The molecule has 0 saturated heterocycles. The van der Waals surface area contributed by atoms with Crippen LogP contribution < -0.4 is 17.2 Å². The molecule has 0 spiro atoms. The summed E-state index contributed by atoms with van der Waals surface area (Å²) in [6.07, 6.45) is -0.686. The van der Waals surface area contributed by atoms with Crippen molar-refractivity contribution < 1.29 is 5.11 Å². The Labute approximate surface area is 120 Å². The molecule has 1 heterocycles. The lowest BCUT2D eigenvalue weighted by atomic mass is 10.1. The van der Waals surface area contributed by atoms with E-state index in [1.165, 1.54) is 11.3 Å². The van der Waals surface area contributed by atoms with Crippen LogP contribution in [0, 0.1) is 0 Å². The van der Waals surface area contributed by atoms with Gasteiger partial charge in [0.25, 0.3) is 0 Å². The lowest BCUT2D eigenvalue weighted by Crippen LogP contribution is -2.26. The summed E-state index contributed by atoms with van der Waals surface area (Å²) >= 11 is 1.49. The van der Waals surface area contributed by atoms with Crippen molar-refractivity contribution in [1.29, 1.82) is 0 Å². The summed E-state index contributed by atoms with van der Waals surface area (Å²) in [5.74, 6) is -0.186. The van der Waals surface area contributed by atoms with Gasteiger partial charge in [0, 0.05) is 4.88 Å². The molecule has 7 N–H and O–H groups in total. The van der Waals surface area contributed by atoms with Crippen LogP contribution in [-0.4, -0.2) is 17.0 Å². The highest BCUT2D eigenvalue weighted by atomic mass is 32.1. The van der Waals surface area contributed by atoms with Crippen molar-refractivity contribution in [3.05, 3.63) is 52.2 Å². The first-order valence-electron chi connectivity index (χ1n) is 5.81. The number of aliphatic imine (C=N–C) groups is 2. The highest BCUT2D eigenvalue weighted by Gasteiger charge is 2.11. The van der Waals surface area contributed by atoms with Crippen LogP contribution in [0.3, 0.4) is 0 Å². The number of guanidine groups is 2. The molecule has 7 heteroatoms. The molecule has 0 amide bonds. The Kier molecular flexibility index (Phi) is 4.34. The number of benzene rings is 1. The molecule has 2 aromatic rings. The van der Waals surface area contributed by atoms with E-state index in [-0.39, 0.29) is 11.9 Å². The maximum atomic E-state index is 10.2. The van der Waals surface area contributed by atoms with Gasteiger partial charge < -0.3 is 22.3 Å². The van der Waals surface area contributed by atoms with Gasteiger partial charge in [0.1, 0.15) is 6.10 Å². The minimum atomic E-state index is -0.686. The third kappa shape index (κ3) is 3.56. The Bertz CT molecular complexity index is 632. The van der Waals surface area contributed by atoms with Crippen molar-refractivity contribution >= 4 is 28.9 Å². The van der Waals surface area contributed by atoms with Gasteiger partial charge in [-0.15, -0.1) is 11.3 Å². The second kappa shape index (κ2) is 6.18. The summed E-state index contributed by atoms with van der Waals surface area (Å²) in [5.41, 5.74) is 17.3. The second-order valence-electron chi connectivity index (χ2n) is 4.02. The van der Waals surface area contributed by atoms with Gasteiger partial charge in [-0.25, -0.2) is 4.99 Å². The van der Waals surface area contributed by atoms with Crippen LogP contribution in [0.15, 0.2) is 51.8 Å². The predicted molar refractivity (Wildman–Crippen MR) is 81.9 cm³/mol. The number of nitrogens with two attached hydrogens (primary N) is 3. The number of aliphatic hydroxyl groups is 1. The zero-order valence-electron chi connectivity index (χ0n) is 10.6. The molecule has 104 valence electrons. The van der Waals surface area contributed by atoms with Crippen LogP contribution in [0.5, 0.6) is 0 Å². The highest BCUT2D eigenvalue weighted by Crippen LogP contribution is 2.28. The Balaban J connectivity index is 2.27. The van der Waals surface area contributed by atoms with E-state index in [1.54, 1.807) is 18.2 Å². The average molecular weight is 289 g/mol. The standard InChI is InChI=1S/C13H15N5OS/c14-12(15)18-13(16)17-9-4-1-3-8(7-9)11(19)10-5-2-6-20-10/h1-7,11,19H,(H6,14,15,16,17,18). The summed E-state index contributed by atoms with van der Waals surface area (Å²) in [6, 6.07) is 10.9. The number of nitrogens with zero attached hydrogens (tertiary/aromatic N) is 2. The topological polar surface area (TPSA) is 123 Å². The molecule has 2 rings (SSSR count). The average Bonchev–Trinajstić information content (AvgIpc) is 2.91. The second-order valence-corrected chi connectivity index (χ2v) is 5.00. The molecule has 0 aliphatic heterocycles. The van der Waals surface area contributed by atoms with E-state index < -0.39 is 6.10 Å². The van der Waals surface area contributed by atoms with Crippen LogP contribution >= 0.6 is 11.3 Å². The van der Waals surface area contributed by atoms with Crippen molar-refractivity contribution in [3.8, 4) is 0 Å². The summed E-state index contributed by atoms with van der Waals surface area (Å²) in [5, 5.41) is 12.2. The molecular formula is C13H15N5OS. The summed E-state index contributed by atoms with van der Waals surface area (Å²) in [7, 11) is 0. The van der Waals surface area contributed by atoms with Crippen molar-refractivity contribution in [2.24, 2.45) is 27.2 Å². The largest absolute Gasteiger partial charge is 0.383 e. The van der Waals surface area contributed by atoms with Gasteiger partial charge in [0.05, 0.1) is 5.69 Å². The molecule has 0 fully saturated rings. The summed E-state index contributed by atoms with van der Waals surface area (Å²) in [6.45, 7) is 0. The van der Waals surface area contributed by atoms with Crippen LogP contribution in [-0.2, 0) is 0 Å². The molecule has 1 aromatic heterocycles. The maximum absolute atomic E-state index is 10.2. The Hall–Kier alpha value is -2.38. The lowest BCUT2D eigenvalue weighted by Gasteiger charge is -2.09. The molecule has 1 unspecified atom stereocenters. The molecule has 6 nitrogen and oxygen atoms in total. The van der Waals surface area contributed by atoms with Gasteiger partial charge >= 0.3 is 0 Å². The van der Waals surface area contributed by atoms with Gasteiger partial charge in [-0.3, -0.25) is 0 Å². The third-order valence-corrected chi connectivity index (χ3v) is 3.41. The van der Waals surface area contributed by atoms with Gasteiger partial charge in [0.2, 0.25) is 5.96 Å². The third-order valence-electron chi connectivity index (χ3n) is 2.49. The van der Waals surface area contributed by atoms with Crippen molar-refractivity contribution in [2.45, 2.75) is 6.10 Å². The predicted octanol–water partition coefficient (Wildman–Crippen LogP) is 1.05. The normalized spacial score (nSPS) is 12.9. The van der Waals surface area contributed by atoms with E-state index in [0.717, 1.165) is 10.4 Å². The van der Waals surface area contributed by atoms with Crippen molar-refractivity contribution in [2.75, 3.05) is 0 Å². The first-order chi connectivity index (χ1) is 9.56. The Morgan fingerprint density at radius 3 is 2.60 bits per heavy atom. The first kappa shape index (κ1) is 14.0. The molecule has 0 aliphatic rings. The monoisotopic (exact) mass is 289 g/mol. The molecule has 20 heavy (non-hydrogen) atoms. The van der Waals surface area contributed by atoms with Gasteiger partial charge in [-0.1, -0.05) is 18.2 Å². The van der Waals surface area contributed by atoms with Crippen LogP contribution in [0.2, 0.25) is 0 Å². The van der Waals surface area contributed by atoms with E-state index in [9.17, 15) is 5.11 Å². The zero-order chi connectivity index (χ0) is 14.5. The number of rotatable bonds is 3. The molecule has 1 atom stereocenters. The van der Waals surface area contributed by atoms with Crippen molar-refractivity contribution in [1.82, 2.24) is 0 Å². The summed E-state index contributed by atoms with van der Waals surface area (Å²) < 4.78 is 0. The van der Waals surface area contributed by atoms with E-state index >= 15 is 0 Å². The molecule has 0 bridgehead atoms. The highest BCUT2D eigenvalue weighted by molar-refractivity contribution is 7.10. The first-order valence-corrected chi connectivity index (χ1v) is 6.69. The van der Waals surface area contributed by atoms with Gasteiger partial charge in [0.15, 0.2) is 5.96 Å².